The van der Waals surface area contributed by atoms with E-state index in [-0.39, 0.29) is 10.8 Å². The molecule has 2 N–H and O–H groups in total. The molecule has 150 valence electrons. The second kappa shape index (κ2) is 6.49. The van der Waals surface area contributed by atoms with Gasteiger partial charge in [0.25, 0.3) is 5.91 Å². The first kappa shape index (κ1) is 18.8. The molecule has 1 fully saturated rings. The van der Waals surface area contributed by atoms with Crippen molar-refractivity contribution < 1.29 is 17.9 Å². The fourth-order valence-corrected chi connectivity index (χ4v) is 5.39. The second-order valence-electron chi connectivity index (χ2n) is 7.27. The first-order valence-corrected chi connectivity index (χ1v) is 10.5. The highest BCUT2D eigenvalue weighted by molar-refractivity contribution is 7.89. The summed E-state index contributed by atoms with van der Waals surface area (Å²) in [6.45, 7) is 2.67. The van der Waals surface area contributed by atoms with E-state index in [1.165, 1.54) is 13.2 Å². The van der Waals surface area contributed by atoms with Gasteiger partial charge in [-0.3, -0.25) is 9.48 Å². The van der Waals surface area contributed by atoms with Gasteiger partial charge in [-0.15, -0.1) is 0 Å². The fourth-order valence-electron chi connectivity index (χ4n) is 3.86. The maximum Gasteiger partial charge on any atom is 0.257 e. The average Bonchev–Trinajstić information content (AvgIpc) is 2.98. The monoisotopic (exact) mass is 405 g/mol. The van der Waals surface area contributed by atoms with Gasteiger partial charge in [-0.1, -0.05) is 0 Å². The smallest absolute Gasteiger partial charge is 0.257 e. The number of aryl methyl sites for hydroxylation is 2. The van der Waals surface area contributed by atoms with Gasteiger partial charge in [-0.2, -0.15) is 9.82 Å². The van der Waals surface area contributed by atoms with Gasteiger partial charge in [0.2, 0.25) is 10.0 Å². The minimum Gasteiger partial charge on any atom is -0.497 e. The highest BCUT2D eigenvalue weighted by Gasteiger charge is 2.44. The zero-order valence-electron chi connectivity index (χ0n) is 16.0. The van der Waals surface area contributed by atoms with E-state index in [4.69, 9.17) is 4.74 Å². The largest absolute Gasteiger partial charge is 0.497 e. The Bertz CT molecular complexity index is 1040. The number of hydrogen-bond acceptors (Lipinski definition) is 6. The van der Waals surface area contributed by atoms with Crippen LogP contribution >= 0.6 is 0 Å². The Kier molecular flexibility index (Phi) is 4.35. The number of likely N-dealkylation sites (tertiary alicyclic amines) is 1. The number of anilines is 1. The minimum atomic E-state index is -3.65. The zero-order valence-corrected chi connectivity index (χ0v) is 16.8. The van der Waals surface area contributed by atoms with Crippen LogP contribution in [-0.4, -0.2) is 54.9 Å². The molecule has 28 heavy (non-hydrogen) atoms. The van der Waals surface area contributed by atoms with E-state index in [1.54, 1.807) is 41.9 Å². The summed E-state index contributed by atoms with van der Waals surface area (Å²) >= 11 is 0. The summed E-state index contributed by atoms with van der Waals surface area (Å²) in [5, 5.41) is 7.56. The van der Waals surface area contributed by atoms with Gasteiger partial charge in [0.05, 0.1) is 24.1 Å². The maximum absolute atomic E-state index is 12.8. The predicted molar refractivity (Wildman–Crippen MR) is 103 cm³/mol. The summed E-state index contributed by atoms with van der Waals surface area (Å²) in [6, 6.07) is 4.83. The fraction of sp³-hybridized carbons (Fsp3) is 0.444. The Morgan fingerprint density at radius 1 is 1.29 bits per heavy atom. The number of methoxy groups -OCH3 is 1. The van der Waals surface area contributed by atoms with Crippen molar-refractivity contribution in [1.29, 1.82) is 0 Å². The lowest BCUT2D eigenvalue weighted by Crippen LogP contribution is -2.62. The van der Waals surface area contributed by atoms with E-state index < -0.39 is 15.7 Å². The number of amides is 1. The van der Waals surface area contributed by atoms with Crippen LogP contribution in [0.2, 0.25) is 0 Å². The standard InChI is InChI=1S/C18H23N5O4S/c1-12-14(11-22(2)20-12)17(24)23-8-6-18(7-9-23)19-15-10-13(27-3)4-5-16(15)28(25,26)21-18/h4-5,10-11,19,21H,6-9H2,1-3H3. The minimum absolute atomic E-state index is 0.0822. The summed E-state index contributed by atoms with van der Waals surface area (Å²) in [5.74, 6) is 0.499. The van der Waals surface area contributed by atoms with E-state index in [1.807, 2.05) is 0 Å². The van der Waals surface area contributed by atoms with E-state index in [2.05, 4.69) is 15.1 Å². The topological polar surface area (TPSA) is 106 Å². The van der Waals surface area contributed by atoms with Crippen molar-refractivity contribution in [1.82, 2.24) is 19.4 Å². The molecule has 1 amide bonds. The van der Waals surface area contributed by atoms with Crippen molar-refractivity contribution in [2.45, 2.75) is 30.3 Å². The molecule has 10 heteroatoms. The third kappa shape index (κ3) is 3.12. The normalized spacial score (nSPS) is 19.8. The molecule has 1 aromatic heterocycles. The molecule has 4 rings (SSSR count). The summed E-state index contributed by atoms with van der Waals surface area (Å²) in [4.78, 5) is 14.8. The van der Waals surface area contributed by atoms with Gasteiger partial charge in [-0.05, 0) is 19.1 Å². The van der Waals surface area contributed by atoms with Crippen LogP contribution < -0.4 is 14.8 Å². The number of fused-ring (bicyclic) bond motifs is 1. The number of nitrogens with one attached hydrogen (secondary N) is 2. The molecular formula is C18H23N5O4S. The van der Waals surface area contributed by atoms with Crippen molar-refractivity contribution in [2.24, 2.45) is 7.05 Å². The second-order valence-corrected chi connectivity index (χ2v) is 8.92. The van der Waals surface area contributed by atoms with Gasteiger partial charge in [-0.25, -0.2) is 8.42 Å². The molecular weight excluding hydrogens is 382 g/mol. The van der Waals surface area contributed by atoms with Crippen molar-refractivity contribution in [3.8, 4) is 5.75 Å². The van der Waals surface area contributed by atoms with Crippen molar-refractivity contribution in [2.75, 3.05) is 25.5 Å². The van der Waals surface area contributed by atoms with E-state index in [0.29, 0.717) is 48.6 Å². The zero-order chi connectivity index (χ0) is 20.1. The van der Waals surface area contributed by atoms with Gasteiger partial charge < -0.3 is 15.0 Å². The number of carbonyl (C=O) groups excluding carboxylic acids is 1. The number of aromatic nitrogens is 2. The molecule has 0 saturated carbocycles. The van der Waals surface area contributed by atoms with E-state index in [0.717, 1.165) is 0 Å². The van der Waals surface area contributed by atoms with Gasteiger partial charge in [0.15, 0.2) is 0 Å². The van der Waals surface area contributed by atoms with Crippen LogP contribution in [0, 0.1) is 6.92 Å². The number of hydrogen-bond donors (Lipinski definition) is 2. The van der Waals surface area contributed by atoms with Crippen LogP contribution in [0.3, 0.4) is 0 Å². The Labute approximate surface area is 163 Å². The third-order valence-electron chi connectivity index (χ3n) is 5.33. The highest BCUT2D eigenvalue weighted by Crippen LogP contribution is 2.37. The van der Waals surface area contributed by atoms with Gasteiger partial charge in [0, 0.05) is 45.2 Å². The summed E-state index contributed by atoms with van der Waals surface area (Å²) in [7, 11) is -0.335. The maximum atomic E-state index is 12.8. The third-order valence-corrected chi connectivity index (χ3v) is 6.92. The number of piperidine rings is 1. The molecule has 0 bridgehead atoms. The molecule has 0 aliphatic carbocycles. The first-order chi connectivity index (χ1) is 13.2. The Balaban J connectivity index is 1.55. The van der Waals surface area contributed by atoms with Crippen LogP contribution in [0.5, 0.6) is 5.75 Å². The average molecular weight is 405 g/mol. The lowest BCUT2D eigenvalue weighted by molar-refractivity contribution is 0.0675. The lowest BCUT2D eigenvalue weighted by Gasteiger charge is -2.45. The summed E-state index contributed by atoms with van der Waals surface area (Å²) in [5.41, 5.74) is 0.955. The van der Waals surface area contributed by atoms with Crippen molar-refractivity contribution >= 4 is 21.6 Å². The molecule has 2 aromatic rings. The molecule has 0 unspecified atom stereocenters. The molecule has 1 spiro atoms. The number of ether oxygens (including phenoxy) is 1. The van der Waals surface area contributed by atoms with Crippen molar-refractivity contribution in [3.05, 3.63) is 35.7 Å². The first-order valence-electron chi connectivity index (χ1n) is 9.03. The molecule has 1 aromatic carbocycles. The molecule has 0 radical (unpaired) electrons. The van der Waals surface area contributed by atoms with Gasteiger partial charge >= 0.3 is 0 Å². The van der Waals surface area contributed by atoms with Gasteiger partial charge in [0.1, 0.15) is 16.3 Å². The van der Waals surface area contributed by atoms with Crippen LogP contribution in [-0.2, 0) is 17.1 Å². The SMILES string of the molecule is COc1ccc2c(c1)NC1(CCN(C(=O)c3cn(C)nc3C)CC1)NS2(=O)=O. The quantitative estimate of drug-likeness (QED) is 0.774. The highest BCUT2D eigenvalue weighted by atomic mass is 32.2. The summed E-state index contributed by atoms with van der Waals surface area (Å²) in [6.07, 6.45) is 2.62. The van der Waals surface area contributed by atoms with E-state index in [9.17, 15) is 13.2 Å². The summed E-state index contributed by atoms with van der Waals surface area (Å²) < 4.78 is 35.1. The van der Waals surface area contributed by atoms with E-state index >= 15 is 0 Å². The van der Waals surface area contributed by atoms with Crippen molar-refractivity contribution in [3.63, 3.8) is 0 Å². The Hall–Kier alpha value is -2.59. The Morgan fingerprint density at radius 2 is 2.00 bits per heavy atom. The molecule has 2 aliphatic rings. The molecule has 0 atom stereocenters. The van der Waals surface area contributed by atoms with Crippen LogP contribution in [0.4, 0.5) is 5.69 Å². The molecule has 9 nitrogen and oxygen atoms in total. The lowest BCUT2D eigenvalue weighted by atomic mass is 9.96. The number of sulfonamides is 1. The van der Waals surface area contributed by atoms with Crippen LogP contribution in [0.15, 0.2) is 29.3 Å². The molecule has 1 saturated heterocycles. The Morgan fingerprint density at radius 3 is 2.61 bits per heavy atom. The number of rotatable bonds is 2. The number of benzene rings is 1. The molecule has 3 heterocycles. The number of nitrogens with zero attached hydrogens (tertiary/aromatic N) is 3. The number of carbonyl (C=O) groups is 1. The van der Waals surface area contributed by atoms with Crippen LogP contribution in [0.25, 0.3) is 0 Å². The predicted octanol–water partition coefficient (Wildman–Crippen LogP) is 1.07. The molecule has 2 aliphatic heterocycles. The van der Waals surface area contributed by atoms with Crippen LogP contribution in [0.1, 0.15) is 28.9 Å².